The number of hydrazone groups is 1. The minimum absolute atomic E-state index is 0.0975. The number of aromatic hydroxyl groups is 1. The molecule has 1 amide bonds. The van der Waals surface area contributed by atoms with Crippen molar-refractivity contribution in [1.29, 1.82) is 0 Å². The average Bonchev–Trinajstić information content (AvgIpc) is 3.29. The molecule has 3 aromatic carbocycles. The molecule has 0 aliphatic carbocycles. The summed E-state index contributed by atoms with van der Waals surface area (Å²) in [5, 5.41) is 20.1. The van der Waals surface area contributed by atoms with E-state index in [1.807, 2.05) is 71.7 Å². The Morgan fingerprint density at radius 3 is 2.36 bits per heavy atom. The largest absolute Gasteiger partial charge is 0.508 e. The van der Waals surface area contributed by atoms with Crippen LogP contribution in [0.5, 0.6) is 5.75 Å². The fraction of sp³-hybridized carbons (Fsp3) is 0.130. The van der Waals surface area contributed by atoms with E-state index >= 15 is 0 Å². The molecule has 5 heteroatoms. The summed E-state index contributed by atoms with van der Waals surface area (Å²) in [6.07, 6.45) is 0.619. The molecule has 5 nitrogen and oxygen atoms in total. The number of carbonyl (C=O) groups is 1. The van der Waals surface area contributed by atoms with E-state index in [-0.39, 0.29) is 17.7 Å². The van der Waals surface area contributed by atoms with Crippen molar-refractivity contribution in [3.8, 4) is 5.75 Å². The maximum absolute atomic E-state index is 12.8. The molecule has 2 N–H and O–H groups in total. The van der Waals surface area contributed by atoms with Gasteiger partial charge in [-0.1, -0.05) is 66.7 Å². The summed E-state index contributed by atoms with van der Waals surface area (Å²) in [5.74, 6) is 0.119. The number of fused-ring (bicyclic) bond motifs is 1. The molecule has 0 fully saturated rings. The summed E-state index contributed by atoms with van der Waals surface area (Å²) in [4.78, 5) is 12.8. The number of para-hydroxylation sites is 2. The smallest absolute Gasteiger partial charge is 0.253 e. The van der Waals surface area contributed by atoms with Crippen LogP contribution in [0.3, 0.4) is 0 Å². The van der Waals surface area contributed by atoms with Gasteiger partial charge < -0.3 is 10.4 Å². The van der Waals surface area contributed by atoms with Crippen molar-refractivity contribution >= 4 is 17.3 Å². The normalized spacial score (nSPS) is 20.6. The lowest BCUT2D eigenvalue weighted by atomic mass is 9.96. The molecule has 0 spiro atoms. The lowest BCUT2D eigenvalue weighted by Gasteiger charge is -2.29. The minimum atomic E-state index is -0.526. The van der Waals surface area contributed by atoms with E-state index in [9.17, 15) is 9.90 Å². The van der Waals surface area contributed by atoms with Crippen molar-refractivity contribution in [2.45, 2.75) is 18.5 Å². The highest BCUT2D eigenvalue weighted by Gasteiger charge is 2.42. The topological polar surface area (TPSA) is 64.9 Å². The van der Waals surface area contributed by atoms with Crippen molar-refractivity contribution in [3.63, 3.8) is 0 Å². The highest BCUT2D eigenvalue weighted by Crippen LogP contribution is 2.45. The summed E-state index contributed by atoms with van der Waals surface area (Å²) >= 11 is 0. The molecular weight excluding hydrogens is 350 g/mol. The van der Waals surface area contributed by atoms with E-state index in [2.05, 4.69) is 5.32 Å². The van der Waals surface area contributed by atoms with Crippen LogP contribution in [0.1, 0.15) is 35.2 Å². The maximum Gasteiger partial charge on any atom is 0.253 e. The number of rotatable bonds is 3. The fourth-order valence-corrected chi connectivity index (χ4v) is 4.05. The van der Waals surface area contributed by atoms with E-state index in [0.717, 1.165) is 28.1 Å². The second kappa shape index (κ2) is 6.53. The maximum atomic E-state index is 12.8. The average molecular weight is 369 g/mol. The van der Waals surface area contributed by atoms with Gasteiger partial charge in [-0.05, 0) is 17.7 Å². The van der Waals surface area contributed by atoms with E-state index in [4.69, 9.17) is 5.10 Å². The van der Waals surface area contributed by atoms with Gasteiger partial charge in [0.25, 0.3) is 5.91 Å². The first kappa shape index (κ1) is 16.6. The van der Waals surface area contributed by atoms with Gasteiger partial charge in [-0.2, -0.15) is 5.10 Å². The van der Waals surface area contributed by atoms with E-state index in [1.165, 1.54) is 0 Å². The molecule has 0 bridgehead atoms. The zero-order valence-electron chi connectivity index (χ0n) is 15.1. The van der Waals surface area contributed by atoms with Crippen molar-refractivity contribution in [2.24, 2.45) is 5.10 Å². The zero-order valence-corrected chi connectivity index (χ0v) is 15.1. The van der Waals surface area contributed by atoms with Crippen LogP contribution < -0.4 is 5.32 Å². The van der Waals surface area contributed by atoms with Crippen molar-refractivity contribution in [3.05, 3.63) is 95.6 Å². The number of benzene rings is 3. The van der Waals surface area contributed by atoms with Gasteiger partial charge >= 0.3 is 0 Å². The molecule has 2 aliphatic heterocycles. The van der Waals surface area contributed by atoms with Crippen molar-refractivity contribution in [2.75, 3.05) is 5.32 Å². The van der Waals surface area contributed by atoms with Crippen LogP contribution in [0.4, 0.5) is 5.69 Å². The number of phenols is 1. The summed E-state index contributed by atoms with van der Waals surface area (Å²) in [5.41, 5.74) is 4.43. The predicted octanol–water partition coefficient (Wildman–Crippen LogP) is 4.24. The monoisotopic (exact) mass is 369 g/mol. The van der Waals surface area contributed by atoms with Gasteiger partial charge in [0.05, 0.1) is 11.8 Å². The van der Waals surface area contributed by atoms with Gasteiger partial charge in [-0.15, -0.1) is 0 Å². The van der Waals surface area contributed by atoms with Gasteiger partial charge in [-0.3, -0.25) is 9.80 Å². The summed E-state index contributed by atoms with van der Waals surface area (Å²) in [7, 11) is 0. The first-order valence-electron chi connectivity index (χ1n) is 9.31. The van der Waals surface area contributed by atoms with E-state index in [0.29, 0.717) is 6.42 Å². The van der Waals surface area contributed by atoms with Crippen LogP contribution in [-0.4, -0.2) is 21.7 Å². The Bertz CT molecular complexity index is 1080. The fourth-order valence-electron chi connectivity index (χ4n) is 4.05. The van der Waals surface area contributed by atoms with Gasteiger partial charge in [0.1, 0.15) is 5.75 Å². The third-order valence-corrected chi connectivity index (χ3v) is 5.37. The van der Waals surface area contributed by atoms with Gasteiger partial charge in [0, 0.05) is 23.2 Å². The summed E-state index contributed by atoms with van der Waals surface area (Å²) in [6, 6.07) is 24.2. The molecule has 0 saturated carbocycles. The number of hydrogen-bond donors (Lipinski definition) is 2. The Kier molecular flexibility index (Phi) is 3.86. The van der Waals surface area contributed by atoms with Gasteiger partial charge in [-0.25, -0.2) is 0 Å². The van der Waals surface area contributed by atoms with Crippen molar-refractivity contribution in [1.82, 2.24) is 5.01 Å². The van der Waals surface area contributed by atoms with Gasteiger partial charge in [0.15, 0.2) is 6.04 Å². The number of amides is 1. The Balaban J connectivity index is 1.62. The Hall–Kier alpha value is -3.60. The Labute approximate surface area is 162 Å². The molecule has 0 saturated heterocycles. The molecule has 0 aromatic heterocycles. The van der Waals surface area contributed by atoms with E-state index < -0.39 is 6.04 Å². The zero-order chi connectivity index (χ0) is 19.1. The number of phenolic OH excluding ortho intramolecular Hbond substituents is 1. The van der Waals surface area contributed by atoms with Crippen LogP contribution in [0.2, 0.25) is 0 Å². The molecule has 5 rings (SSSR count). The summed E-state index contributed by atoms with van der Waals surface area (Å²) < 4.78 is 0. The molecule has 0 radical (unpaired) electrons. The highest BCUT2D eigenvalue weighted by atomic mass is 16.3. The number of nitrogens with zero attached hydrogens (tertiary/aromatic N) is 2. The molecule has 2 heterocycles. The summed E-state index contributed by atoms with van der Waals surface area (Å²) in [6.45, 7) is 0. The Morgan fingerprint density at radius 2 is 1.57 bits per heavy atom. The molecule has 2 unspecified atom stereocenters. The number of anilines is 1. The lowest BCUT2D eigenvalue weighted by Crippen LogP contribution is -2.30. The quantitative estimate of drug-likeness (QED) is 0.726. The lowest BCUT2D eigenvalue weighted by molar-refractivity contribution is -0.121. The number of hydrogen-bond acceptors (Lipinski definition) is 4. The second-order valence-corrected chi connectivity index (χ2v) is 7.05. The third kappa shape index (κ3) is 2.63. The molecule has 2 atom stereocenters. The van der Waals surface area contributed by atoms with Crippen LogP contribution in [0, 0.1) is 0 Å². The Morgan fingerprint density at radius 1 is 0.893 bits per heavy atom. The van der Waals surface area contributed by atoms with E-state index in [1.54, 1.807) is 12.1 Å². The first-order chi connectivity index (χ1) is 13.7. The van der Waals surface area contributed by atoms with Crippen LogP contribution in [0.15, 0.2) is 84.0 Å². The van der Waals surface area contributed by atoms with Crippen LogP contribution in [-0.2, 0) is 4.79 Å². The van der Waals surface area contributed by atoms with Crippen molar-refractivity contribution < 1.29 is 9.90 Å². The number of nitrogens with one attached hydrogen (secondary N) is 1. The van der Waals surface area contributed by atoms with Crippen LogP contribution >= 0.6 is 0 Å². The number of carbonyl (C=O) groups excluding carboxylic acids is 1. The molecule has 138 valence electrons. The predicted molar refractivity (Wildman–Crippen MR) is 108 cm³/mol. The molecule has 28 heavy (non-hydrogen) atoms. The highest BCUT2D eigenvalue weighted by molar-refractivity contribution is 6.04. The first-order valence-corrected chi connectivity index (χ1v) is 9.31. The molecular formula is C23H19N3O2. The SMILES string of the molecule is O=C1Nc2ccccc2C1N1N=C(c2ccccc2)CC1c1ccccc1O. The van der Waals surface area contributed by atoms with Gasteiger partial charge in [0.2, 0.25) is 0 Å². The second-order valence-electron chi connectivity index (χ2n) is 7.05. The van der Waals surface area contributed by atoms with Crippen LogP contribution in [0.25, 0.3) is 0 Å². The molecule has 2 aliphatic rings. The third-order valence-electron chi connectivity index (χ3n) is 5.37. The molecule has 3 aromatic rings. The standard InChI is InChI=1S/C23H19N3O2/c27-21-13-7-5-11-17(21)20-14-19(15-8-2-1-3-9-15)25-26(20)22-16-10-4-6-12-18(16)24-23(22)28/h1-13,20,22,27H,14H2,(H,24,28). The minimum Gasteiger partial charge on any atom is -0.508 e.